The van der Waals surface area contributed by atoms with E-state index >= 15 is 0 Å². The average molecular weight is 331 g/mol. The van der Waals surface area contributed by atoms with Crippen molar-refractivity contribution in [3.8, 4) is 0 Å². The summed E-state index contributed by atoms with van der Waals surface area (Å²) in [6, 6.07) is 0.386. The van der Waals surface area contributed by atoms with Crippen LogP contribution in [0.4, 0.5) is 0 Å². The third-order valence-corrected chi connectivity index (χ3v) is 5.05. The number of rotatable bonds is 5. The van der Waals surface area contributed by atoms with E-state index in [2.05, 4.69) is 42.0 Å². The van der Waals surface area contributed by atoms with Crippen molar-refractivity contribution in [1.29, 1.82) is 0 Å². The molecule has 3 heterocycles. The van der Waals surface area contributed by atoms with Gasteiger partial charge in [-0.2, -0.15) is 5.10 Å². The average Bonchev–Trinajstić information content (AvgIpc) is 3.13. The summed E-state index contributed by atoms with van der Waals surface area (Å²) in [7, 11) is 1.94. The molecule has 2 atom stereocenters. The second-order valence-electron chi connectivity index (χ2n) is 7.29. The highest BCUT2D eigenvalue weighted by molar-refractivity contribution is 5.16. The first-order chi connectivity index (χ1) is 11.5. The predicted octanol–water partition coefficient (Wildman–Crippen LogP) is 2.45. The fraction of sp³-hybridized carbons (Fsp3) is 0.667. The molecular weight excluding hydrogens is 302 g/mol. The van der Waals surface area contributed by atoms with Gasteiger partial charge < -0.3 is 9.67 Å². The molecule has 6 heteroatoms. The van der Waals surface area contributed by atoms with E-state index in [9.17, 15) is 5.11 Å². The molecule has 1 saturated heterocycles. The largest absolute Gasteiger partial charge is 0.385 e. The second kappa shape index (κ2) is 7.07. The molecule has 1 N–H and O–H groups in total. The highest BCUT2D eigenvalue weighted by Gasteiger charge is 2.29. The number of imidazole rings is 1. The Hall–Kier alpha value is -1.66. The molecule has 0 unspecified atom stereocenters. The van der Waals surface area contributed by atoms with E-state index in [1.165, 1.54) is 5.56 Å². The van der Waals surface area contributed by atoms with Gasteiger partial charge in [0.2, 0.25) is 0 Å². The minimum Gasteiger partial charge on any atom is -0.385 e. The van der Waals surface area contributed by atoms with Crippen LogP contribution in [0.25, 0.3) is 0 Å². The fourth-order valence-corrected chi connectivity index (χ4v) is 3.55. The van der Waals surface area contributed by atoms with E-state index in [-0.39, 0.29) is 5.92 Å². The zero-order valence-electron chi connectivity index (χ0n) is 15.2. The van der Waals surface area contributed by atoms with Crippen LogP contribution in [-0.4, -0.2) is 42.4 Å². The molecule has 6 nitrogen and oxygen atoms in total. The normalized spacial score (nSPS) is 20.7. The molecule has 0 saturated carbocycles. The van der Waals surface area contributed by atoms with Gasteiger partial charge in [-0.1, -0.05) is 0 Å². The van der Waals surface area contributed by atoms with Crippen molar-refractivity contribution in [1.82, 2.24) is 24.2 Å². The van der Waals surface area contributed by atoms with Crippen molar-refractivity contribution in [2.24, 2.45) is 13.0 Å². The lowest BCUT2D eigenvalue weighted by Gasteiger charge is -2.34. The lowest BCUT2D eigenvalue weighted by atomic mass is 9.91. The topological polar surface area (TPSA) is 59.1 Å². The van der Waals surface area contributed by atoms with Gasteiger partial charge in [0.25, 0.3) is 0 Å². The van der Waals surface area contributed by atoms with E-state index in [0.717, 1.165) is 44.0 Å². The Balaban J connectivity index is 1.66. The van der Waals surface area contributed by atoms with Crippen LogP contribution in [0.1, 0.15) is 55.9 Å². The van der Waals surface area contributed by atoms with Crippen molar-refractivity contribution in [2.45, 2.75) is 52.3 Å². The third kappa shape index (κ3) is 3.54. The van der Waals surface area contributed by atoms with Gasteiger partial charge in [0.15, 0.2) is 0 Å². The highest BCUT2D eigenvalue weighted by atomic mass is 16.3. The van der Waals surface area contributed by atoms with Crippen molar-refractivity contribution < 1.29 is 5.11 Å². The van der Waals surface area contributed by atoms with Crippen molar-refractivity contribution >= 4 is 0 Å². The smallest absolute Gasteiger partial charge is 0.137 e. The highest BCUT2D eigenvalue weighted by Crippen LogP contribution is 2.29. The fourth-order valence-electron chi connectivity index (χ4n) is 3.55. The van der Waals surface area contributed by atoms with E-state index in [1.54, 1.807) is 6.20 Å². The number of aliphatic hydroxyl groups excluding tert-OH is 1. The Kier molecular flexibility index (Phi) is 5.06. The maximum Gasteiger partial charge on any atom is 0.137 e. The number of likely N-dealkylation sites (tertiary alicyclic amines) is 1. The molecule has 24 heavy (non-hydrogen) atoms. The van der Waals surface area contributed by atoms with Crippen molar-refractivity contribution in [3.63, 3.8) is 0 Å². The van der Waals surface area contributed by atoms with Gasteiger partial charge >= 0.3 is 0 Å². The number of aromatic nitrogens is 4. The SMILES string of the molecule is Cc1nn(C(C)C)cc1CN1CCC[C@@H]([C@@H](O)c2nccn2C)C1. The summed E-state index contributed by atoms with van der Waals surface area (Å²) in [5.74, 6) is 1.01. The number of aryl methyl sites for hydroxylation is 2. The van der Waals surface area contributed by atoms with Crippen LogP contribution in [0.15, 0.2) is 18.6 Å². The van der Waals surface area contributed by atoms with Crippen LogP contribution >= 0.6 is 0 Å². The van der Waals surface area contributed by atoms with Gasteiger partial charge in [0.1, 0.15) is 11.9 Å². The molecule has 0 aliphatic carbocycles. The van der Waals surface area contributed by atoms with Crippen LogP contribution in [0.3, 0.4) is 0 Å². The summed E-state index contributed by atoms with van der Waals surface area (Å²) < 4.78 is 3.95. The van der Waals surface area contributed by atoms with E-state index < -0.39 is 6.10 Å². The summed E-state index contributed by atoms with van der Waals surface area (Å²) in [6.45, 7) is 9.27. The first kappa shape index (κ1) is 17.2. The first-order valence-corrected chi connectivity index (χ1v) is 8.88. The van der Waals surface area contributed by atoms with E-state index in [1.807, 2.05) is 22.5 Å². The number of hydrogen-bond donors (Lipinski definition) is 1. The van der Waals surface area contributed by atoms with Crippen molar-refractivity contribution in [2.75, 3.05) is 13.1 Å². The second-order valence-corrected chi connectivity index (χ2v) is 7.29. The molecule has 132 valence electrons. The van der Waals surface area contributed by atoms with Crippen LogP contribution in [0.5, 0.6) is 0 Å². The summed E-state index contributed by atoms with van der Waals surface area (Å²) in [4.78, 5) is 6.76. The van der Waals surface area contributed by atoms with Gasteiger partial charge in [-0.05, 0) is 40.2 Å². The number of hydrogen-bond acceptors (Lipinski definition) is 4. The van der Waals surface area contributed by atoms with Crippen LogP contribution in [-0.2, 0) is 13.6 Å². The third-order valence-electron chi connectivity index (χ3n) is 5.05. The molecule has 0 amide bonds. The standard InChI is InChI=1S/C18H29N5O/c1-13(2)23-12-16(14(3)20-23)11-22-8-5-6-15(10-22)17(24)18-19-7-9-21(18)4/h7,9,12-13,15,17,24H,5-6,8,10-11H2,1-4H3/t15-,17-/m1/s1. The molecule has 0 spiro atoms. The zero-order valence-corrected chi connectivity index (χ0v) is 15.2. The molecule has 0 bridgehead atoms. The molecule has 1 aliphatic rings. The molecular formula is C18H29N5O. The first-order valence-electron chi connectivity index (χ1n) is 8.88. The van der Waals surface area contributed by atoms with Gasteiger partial charge in [0, 0.05) is 56.3 Å². The molecule has 2 aromatic heterocycles. The Morgan fingerprint density at radius 1 is 1.38 bits per heavy atom. The number of nitrogens with zero attached hydrogens (tertiary/aromatic N) is 5. The number of aliphatic hydroxyl groups is 1. The Morgan fingerprint density at radius 3 is 2.79 bits per heavy atom. The van der Waals surface area contributed by atoms with Crippen LogP contribution in [0.2, 0.25) is 0 Å². The summed E-state index contributed by atoms with van der Waals surface area (Å²) in [5, 5.41) is 15.3. The van der Waals surface area contributed by atoms with Gasteiger partial charge in [-0.15, -0.1) is 0 Å². The van der Waals surface area contributed by atoms with Crippen molar-refractivity contribution in [3.05, 3.63) is 35.7 Å². The van der Waals surface area contributed by atoms with E-state index in [0.29, 0.717) is 6.04 Å². The van der Waals surface area contributed by atoms with E-state index in [4.69, 9.17) is 0 Å². The quantitative estimate of drug-likeness (QED) is 0.914. The van der Waals surface area contributed by atoms with Crippen LogP contribution in [0, 0.1) is 12.8 Å². The van der Waals surface area contributed by atoms with Crippen LogP contribution < -0.4 is 0 Å². The Morgan fingerprint density at radius 2 is 2.17 bits per heavy atom. The molecule has 3 rings (SSSR count). The Labute approximate surface area is 144 Å². The molecule has 0 aromatic carbocycles. The number of piperidine rings is 1. The molecule has 0 radical (unpaired) electrons. The maximum atomic E-state index is 10.7. The minimum atomic E-state index is -0.493. The monoisotopic (exact) mass is 331 g/mol. The minimum absolute atomic E-state index is 0.236. The Bertz CT molecular complexity index is 675. The summed E-state index contributed by atoms with van der Waals surface area (Å²) in [5.41, 5.74) is 2.39. The molecule has 1 aliphatic heterocycles. The lowest BCUT2D eigenvalue weighted by molar-refractivity contribution is 0.0404. The zero-order chi connectivity index (χ0) is 17.3. The summed E-state index contributed by atoms with van der Waals surface area (Å²) >= 11 is 0. The van der Waals surface area contributed by atoms with Gasteiger partial charge in [0.05, 0.1) is 5.69 Å². The molecule has 2 aromatic rings. The predicted molar refractivity (Wildman–Crippen MR) is 93.5 cm³/mol. The van der Waals surface area contributed by atoms with Gasteiger partial charge in [-0.25, -0.2) is 4.98 Å². The van der Waals surface area contributed by atoms with Gasteiger partial charge in [-0.3, -0.25) is 9.58 Å². The summed E-state index contributed by atoms with van der Waals surface area (Å²) in [6.07, 6.45) is 7.48. The molecule has 1 fully saturated rings. The lowest BCUT2D eigenvalue weighted by Crippen LogP contribution is -2.38. The maximum absolute atomic E-state index is 10.7.